The van der Waals surface area contributed by atoms with Crippen molar-refractivity contribution in [2.24, 2.45) is 0 Å². The number of nitrogens with zero attached hydrogens (tertiary/aromatic N) is 1. The SMILES string of the molecule is C[C@@H](c1ccc(-c2ccc(S(C)=O)cc2)cc1)N(CC[C@H](CC(C)(C)O)c1ccccc1)C(=O)O. The second kappa shape index (κ2) is 11.6. The van der Waals surface area contributed by atoms with Crippen LogP contribution in [0.2, 0.25) is 0 Å². The molecule has 0 spiro atoms. The lowest BCUT2D eigenvalue weighted by atomic mass is 9.85. The Labute approximate surface area is 210 Å². The highest BCUT2D eigenvalue weighted by atomic mass is 32.2. The quantitative estimate of drug-likeness (QED) is 0.339. The Morgan fingerprint density at radius 2 is 1.46 bits per heavy atom. The molecule has 35 heavy (non-hydrogen) atoms. The van der Waals surface area contributed by atoms with Crippen LogP contribution >= 0.6 is 0 Å². The molecule has 1 amide bonds. The van der Waals surface area contributed by atoms with Crippen LogP contribution in [-0.2, 0) is 10.8 Å². The van der Waals surface area contributed by atoms with Gasteiger partial charge < -0.3 is 15.1 Å². The Bertz CT molecular complexity index is 1120. The average molecular weight is 494 g/mol. The third-order valence-electron chi connectivity index (χ3n) is 6.36. The first-order chi connectivity index (χ1) is 16.5. The standard InChI is InChI=1S/C29H35NO4S/c1-21(22-10-12-24(13-11-22)25-14-16-27(17-15-25)35(4)34)30(28(31)32)19-18-26(20-29(2,3)33)23-8-6-5-7-9-23/h5-17,21,26,33H,18-20H2,1-4H3,(H,31,32)/t21-,26+,35?/m0/s1. The van der Waals surface area contributed by atoms with Gasteiger partial charge in [-0.25, -0.2) is 4.79 Å². The van der Waals surface area contributed by atoms with Gasteiger partial charge in [-0.3, -0.25) is 4.21 Å². The summed E-state index contributed by atoms with van der Waals surface area (Å²) in [7, 11) is -1.01. The van der Waals surface area contributed by atoms with Gasteiger partial charge in [0, 0.05) is 28.5 Å². The first kappa shape index (κ1) is 26.6. The van der Waals surface area contributed by atoms with Crippen LogP contribution in [0.5, 0.6) is 0 Å². The zero-order valence-electron chi connectivity index (χ0n) is 20.8. The van der Waals surface area contributed by atoms with Gasteiger partial charge in [0.1, 0.15) is 0 Å². The van der Waals surface area contributed by atoms with Gasteiger partial charge in [0.15, 0.2) is 0 Å². The summed E-state index contributed by atoms with van der Waals surface area (Å²) in [6.07, 6.45) is 1.87. The lowest BCUT2D eigenvalue weighted by molar-refractivity contribution is 0.0598. The smallest absolute Gasteiger partial charge is 0.407 e. The summed E-state index contributed by atoms with van der Waals surface area (Å²) in [5.74, 6) is 0.0491. The monoisotopic (exact) mass is 493 g/mol. The molecule has 3 rings (SSSR count). The molecule has 0 aromatic heterocycles. The summed E-state index contributed by atoms with van der Waals surface area (Å²) < 4.78 is 11.6. The van der Waals surface area contributed by atoms with Gasteiger partial charge >= 0.3 is 6.09 Å². The van der Waals surface area contributed by atoms with Crippen molar-refractivity contribution in [1.82, 2.24) is 4.90 Å². The Morgan fingerprint density at radius 3 is 1.94 bits per heavy atom. The summed E-state index contributed by atoms with van der Waals surface area (Å²) in [5, 5.41) is 20.4. The molecule has 0 bridgehead atoms. The van der Waals surface area contributed by atoms with Crippen LogP contribution in [0.15, 0.2) is 83.8 Å². The molecular formula is C29H35NO4S. The van der Waals surface area contributed by atoms with Crippen molar-refractivity contribution < 1.29 is 19.2 Å². The molecule has 0 radical (unpaired) electrons. The molecule has 3 aromatic carbocycles. The van der Waals surface area contributed by atoms with E-state index in [-0.39, 0.29) is 12.0 Å². The fourth-order valence-electron chi connectivity index (χ4n) is 4.44. The topological polar surface area (TPSA) is 77.8 Å². The zero-order valence-corrected chi connectivity index (χ0v) is 21.7. The minimum atomic E-state index is -1.01. The van der Waals surface area contributed by atoms with E-state index in [0.717, 1.165) is 27.1 Å². The molecule has 0 aliphatic rings. The van der Waals surface area contributed by atoms with E-state index in [9.17, 15) is 19.2 Å². The predicted molar refractivity (Wildman–Crippen MR) is 142 cm³/mol. The molecule has 0 heterocycles. The van der Waals surface area contributed by atoms with E-state index in [2.05, 4.69) is 0 Å². The number of hydrogen-bond donors (Lipinski definition) is 2. The van der Waals surface area contributed by atoms with Gasteiger partial charge in [-0.15, -0.1) is 0 Å². The third kappa shape index (κ3) is 7.51. The molecule has 3 aromatic rings. The molecule has 186 valence electrons. The van der Waals surface area contributed by atoms with Gasteiger partial charge in [0.2, 0.25) is 0 Å². The van der Waals surface area contributed by atoms with E-state index in [1.165, 1.54) is 4.90 Å². The lowest BCUT2D eigenvalue weighted by Crippen LogP contribution is -2.34. The van der Waals surface area contributed by atoms with Crippen molar-refractivity contribution >= 4 is 16.9 Å². The first-order valence-corrected chi connectivity index (χ1v) is 13.4. The molecule has 3 atom stereocenters. The van der Waals surface area contributed by atoms with Crippen LogP contribution in [-0.4, -0.2) is 43.8 Å². The number of carbonyl (C=O) groups is 1. The van der Waals surface area contributed by atoms with Gasteiger partial charge in [0.25, 0.3) is 0 Å². The highest BCUT2D eigenvalue weighted by Crippen LogP contribution is 2.31. The minimum absolute atomic E-state index is 0.0491. The highest BCUT2D eigenvalue weighted by molar-refractivity contribution is 7.84. The largest absolute Gasteiger partial charge is 0.465 e. The van der Waals surface area contributed by atoms with Crippen molar-refractivity contribution in [3.05, 3.63) is 90.0 Å². The van der Waals surface area contributed by atoms with Gasteiger partial charge in [0.05, 0.1) is 11.6 Å². The predicted octanol–water partition coefficient (Wildman–Crippen LogP) is 6.47. The van der Waals surface area contributed by atoms with Gasteiger partial charge in [-0.2, -0.15) is 0 Å². The number of hydrogen-bond acceptors (Lipinski definition) is 3. The van der Waals surface area contributed by atoms with Crippen molar-refractivity contribution in [3.8, 4) is 11.1 Å². The Balaban J connectivity index is 1.74. The van der Waals surface area contributed by atoms with Crippen LogP contribution < -0.4 is 0 Å². The molecule has 0 saturated heterocycles. The molecule has 5 nitrogen and oxygen atoms in total. The van der Waals surface area contributed by atoms with Crippen LogP contribution in [0, 0.1) is 0 Å². The fourth-order valence-corrected chi connectivity index (χ4v) is 4.96. The third-order valence-corrected chi connectivity index (χ3v) is 7.30. The number of carboxylic acid groups (broad SMARTS) is 1. The molecule has 0 aliphatic heterocycles. The molecule has 2 N–H and O–H groups in total. The Kier molecular flexibility index (Phi) is 8.87. The molecule has 1 unspecified atom stereocenters. The highest BCUT2D eigenvalue weighted by Gasteiger charge is 2.26. The van der Waals surface area contributed by atoms with Crippen molar-refractivity contribution in [3.63, 3.8) is 0 Å². The van der Waals surface area contributed by atoms with Crippen LogP contribution in [0.1, 0.15) is 56.7 Å². The summed E-state index contributed by atoms with van der Waals surface area (Å²) in [6, 6.07) is 25.2. The second-order valence-corrected chi connectivity index (χ2v) is 11.0. The molecular weight excluding hydrogens is 458 g/mol. The molecule has 0 saturated carbocycles. The first-order valence-electron chi connectivity index (χ1n) is 11.9. The maximum Gasteiger partial charge on any atom is 0.407 e. The van der Waals surface area contributed by atoms with E-state index in [0.29, 0.717) is 19.4 Å². The molecule has 0 aliphatic carbocycles. The second-order valence-electron chi connectivity index (χ2n) is 9.67. The number of benzene rings is 3. The fraction of sp³-hybridized carbons (Fsp3) is 0.345. The number of rotatable bonds is 10. The van der Waals surface area contributed by atoms with E-state index in [1.54, 1.807) is 20.1 Å². The van der Waals surface area contributed by atoms with Crippen LogP contribution in [0.4, 0.5) is 4.79 Å². The van der Waals surface area contributed by atoms with E-state index < -0.39 is 22.5 Å². The lowest BCUT2D eigenvalue weighted by Gasteiger charge is -2.31. The number of aliphatic hydroxyl groups is 1. The Morgan fingerprint density at radius 1 is 0.914 bits per heavy atom. The van der Waals surface area contributed by atoms with Crippen LogP contribution in [0.25, 0.3) is 11.1 Å². The maximum absolute atomic E-state index is 12.2. The summed E-state index contributed by atoms with van der Waals surface area (Å²) in [4.78, 5) is 14.4. The summed E-state index contributed by atoms with van der Waals surface area (Å²) in [5.41, 5.74) is 3.22. The van der Waals surface area contributed by atoms with E-state index >= 15 is 0 Å². The average Bonchev–Trinajstić information content (AvgIpc) is 2.83. The normalized spacial score (nSPS) is 14.2. The van der Waals surface area contributed by atoms with E-state index in [4.69, 9.17) is 0 Å². The summed E-state index contributed by atoms with van der Waals surface area (Å²) in [6.45, 7) is 5.85. The zero-order chi connectivity index (χ0) is 25.6. The van der Waals surface area contributed by atoms with Gasteiger partial charge in [-0.05, 0) is 73.9 Å². The van der Waals surface area contributed by atoms with Crippen molar-refractivity contribution in [1.29, 1.82) is 0 Å². The summed E-state index contributed by atoms with van der Waals surface area (Å²) >= 11 is 0. The van der Waals surface area contributed by atoms with Crippen LogP contribution in [0.3, 0.4) is 0 Å². The van der Waals surface area contributed by atoms with Crippen molar-refractivity contribution in [2.75, 3.05) is 12.8 Å². The van der Waals surface area contributed by atoms with Crippen molar-refractivity contribution in [2.45, 2.75) is 56.1 Å². The Hall–Kier alpha value is -2.96. The molecule has 0 fully saturated rings. The maximum atomic E-state index is 12.2. The van der Waals surface area contributed by atoms with Gasteiger partial charge in [-0.1, -0.05) is 66.7 Å². The minimum Gasteiger partial charge on any atom is -0.465 e. The molecule has 6 heteroatoms. The number of amides is 1. The van der Waals surface area contributed by atoms with E-state index in [1.807, 2.05) is 85.8 Å².